The van der Waals surface area contributed by atoms with Crippen LogP contribution in [0.2, 0.25) is 0 Å². The van der Waals surface area contributed by atoms with Crippen LogP contribution >= 0.6 is 0 Å². The van der Waals surface area contributed by atoms with Crippen molar-refractivity contribution >= 4 is 0 Å². The normalized spacial score (nSPS) is 32.6. The van der Waals surface area contributed by atoms with E-state index in [9.17, 15) is 5.11 Å². The van der Waals surface area contributed by atoms with E-state index in [1.807, 2.05) is 0 Å². The maximum absolute atomic E-state index is 10.7. The quantitative estimate of drug-likeness (QED) is 0.850. The van der Waals surface area contributed by atoms with Crippen molar-refractivity contribution in [2.45, 2.75) is 58.0 Å². The van der Waals surface area contributed by atoms with E-state index < -0.39 is 0 Å². The number of aryl methyl sites for hydroxylation is 1. The molecule has 2 aliphatic carbocycles. The van der Waals surface area contributed by atoms with E-state index in [0.717, 1.165) is 18.8 Å². The highest BCUT2D eigenvalue weighted by atomic mass is 16.3. The Bertz CT molecular complexity index is 425. The molecule has 0 aliphatic heterocycles. The molecule has 1 heteroatoms. The summed E-state index contributed by atoms with van der Waals surface area (Å²) in [6, 6.07) is 8.77. The topological polar surface area (TPSA) is 20.2 Å². The molecular formula is C18H26O. The molecule has 4 atom stereocenters. The fraction of sp³-hybridized carbons (Fsp3) is 0.667. The van der Waals surface area contributed by atoms with Crippen LogP contribution in [0.5, 0.6) is 0 Å². The fourth-order valence-electron chi connectivity index (χ4n) is 4.19. The number of rotatable bonds is 2. The van der Waals surface area contributed by atoms with E-state index in [-0.39, 0.29) is 6.10 Å². The van der Waals surface area contributed by atoms with E-state index in [1.165, 1.54) is 43.2 Å². The standard InChI is InChI=1S/C18H26O/c1-13-5-4-8-16(11-13)18(19)17-10-9-14-6-2-3-7-15(14)12-17/h2-3,6-7,13,16-19H,4-5,8-12H2,1H3. The first-order chi connectivity index (χ1) is 9.24. The van der Waals surface area contributed by atoms with Gasteiger partial charge in [-0.15, -0.1) is 0 Å². The minimum Gasteiger partial charge on any atom is -0.393 e. The van der Waals surface area contributed by atoms with Gasteiger partial charge in [-0.05, 0) is 61.0 Å². The highest BCUT2D eigenvalue weighted by Gasteiger charge is 2.32. The molecule has 1 nitrogen and oxygen atoms in total. The van der Waals surface area contributed by atoms with Gasteiger partial charge in [-0.25, -0.2) is 0 Å². The summed E-state index contributed by atoms with van der Waals surface area (Å²) in [4.78, 5) is 0. The summed E-state index contributed by atoms with van der Waals surface area (Å²) < 4.78 is 0. The van der Waals surface area contributed by atoms with Crippen LogP contribution in [0.25, 0.3) is 0 Å². The molecule has 0 amide bonds. The van der Waals surface area contributed by atoms with Gasteiger partial charge in [-0.1, -0.05) is 44.0 Å². The second-order valence-electron chi connectivity index (χ2n) is 6.79. The minimum absolute atomic E-state index is 0.0730. The Morgan fingerprint density at radius 1 is 1.05 bits per heavy atom. The molecule has 0 saturated heterocycles. The predicted octanol–water partition coefficient (Wildman–Crippen LogP) is 3.98. The molecule has 3 rings (SSSR count). The Morgan fingerprint density at radius 2 is 1.84 bits per heavy atom. The van der Waals surface area contributed by atoms with E-state index >= 15 is 0 Å². The van der Waals surface area contributed by atoms with E-state index in [0.29, 0.717) is 11.8 Å². The lowest BCUT2D eigenvalue weighted by Crippen LogP contribution is -2.35. The molecule has 1 N–H and O–H groups in total. The Labute approximate surface area is 117 Å². The van der Waals surface area contributed by atoms with Gasteiger partial charge < -0.3 is 5.11 Å². The Morgan fingerprint density at radius 3 is 2.63 bits per heavy atom. The molecule has 19 heavy (non-hydrogen) atoms. The van der Waals surface area contributed by atoms with Crippen LogP contribution in [0.1, 0.15) is 50.2 Å². The monoisotopic (exact) mass is 258 g/mol. The van der Waals surface area contributed by atoms with Crippen LogP contribution in [0.3, 0.4) is 0 Å². The van der Waals surface area contributed by atoms with Gasteiger partial charge in [0.1, 0.15) is 0 Å². The fourth-order valence-corrected chi connectivity index (χ4v) is 4.19. The van der Waals surface area contributed by atoms with Crippen molar-refractivity contribution in [1.29, 1.82) is 0 Å². The smallest absolute Gasteiger partial charge is 0.0599 e. The summed E-state index contributed by atoms with van der Waals surface area (Å²) >= 11 is 0. The number of fused-ring (bicyclic) bond motifs is 1. The average Bonchev–Trinajstić information content (AvgIpc) is 2.46. The maximum Gasteiger partial charge on any atom is 0.0599 e. The third kappa shape index (κ3) is 2.86. The predicted molar refractivity (Wildman–Crippen MR) is 79.1 cm³/mol. The molecule has 1 fully saturated rings. The third-order valence-electron chi connectivity index (χ3n) is 5.33. The molecule has 0 spiro atoms. The Hall–Kier alpha value is -0.820. The lowest BCUT2D eigenvalue weighted by molar-refractivity contribution is 0.0190. The van der Waals surface area contributed by atoms with E-state index in [4.69, 9.17) is 0 Å². The Kier molecular flexibility index (Phi) is 3.93. The van der Waals surface area contributed by atoms with Gasteiger partial charge in [0.15, 0.2) is 0 Å². The molecule has 4 unspecified atom stereocenters. The molecule has 1 saturated carbocycles. The highest BCUT2D eigenvalue weighted by Crippen LogP contribution is 2.37. The molecule has 0 heterocycles. The van der Waals surface area contributed by atoms with Gasteiger partial charge >= 0.3 is 0 Å². The minimum atomic E-state index is -0.0730. The lowest BCUT2D eigenvalue weighted by atomic mass is 9.72. The van der Waals surface area contributed by atoms with Gasteiger partial charge in [-0.3, -0.25) is 0 Å². The van der Waals surface area contributed by atoms with Crippen molar-refractivity contribution in [3.63, 3.8) is 0 Å². The van der Waals surface area contributed by atoms with Crippen LogP contribution < -0.4 is 0 Å². The van der Waals surface area contributed by atoms with Crippen LogP contribution in [0.4, 0.5) is 0 Å². The van der Waals surface area contributed by atoms with Gasteiger partial charge in [0.05, 0.1) is 6.10 Å². The summed E-state index contributed by atoms with van der Waals surface area (Å²) in [6.07, 6.45) is 8.48. The summed E-state index contributed by atoms with van der Waals surface area (Å²) in [7, 11) is 0. The van der Waals surface area contributed by atoms with Gasteiger partial charge in [0, 0.05) is 0 Å². The number of hydrogen-bond donors (Lipinski definition) is 1. The second kappa shape index (κ2) is 5.66. The molecule has 0 bridgehead atoms. The van der Waals surface area contributed by atoms with Crippen molar-refractivity contribution in [3.8, 4) is 0 Å². The third-order valence-corrected chi connectivity index (χ3v) is 5.33. The van der Waals surface area contributed by atoms with Crippen LogP contribution in [0, 0.1) is 17.8 Å². The van der Waals surface area contributed by atoms with Gasteiger partial charge in [0.25, 0.3) is 0 Å². The van der Waals surface area contributed by atoms with Crippen molar-refractivity contribution < 1.29 is 5.11 Å². The first-order valence-electron chi connectivity index (χ1n) is 7.99. The van der Waals surface area contributed by atoms with Crippen molar-refractivity contribution in [2.24, 2.45) is 17.8 Å². The second-order valence-corrected chi connectivity index (χ2v) is 6.79. The average molecular weight is 258 g/mol. The number of aliphatic hydroxyl groups is 1. The van der Waals surface area contributed by atoms with Gasteiger partial charge in [-0.2, -0.15) is 0 Å². The lowest BCUT2D eigenvalue weighted by Gasteiger charge is -2.36. The van der Waals surface area contributed by atoms with Crippen LogP contribution in [-0.2, 0) is 12.8 Å². The highest BCUT2D eigenvalue weighted by molar-refractivity contribution is 5.29. The molecule has 0 radical (unpaired) electrons. The van der Waals surface area contributed by atoms with Crippen LogP contribution in [0.15, 0.2) is 24.3 Å². The van der Waals surface area contributed by atoms with Crippen molar-refractivity contribution in [1.82, 2.24) is 0 Å². The molecule has 2 aliphatic rings. The summed E-state index contributed by atoms with van der Waals surface area (Å²) in [5.41, 5.74) is 2.98. The van der Waals surface area contributed by atoms with Crippen molar-refractivity contribution in [3.05, 3.63) is 35.4 Å². The van der Waals surface area contributed by atoms with Gasteiger partial charge in [0.2, 0.25) is 0 Å². The van der Waals surface area contributed by atoms with E-state index in [2.05, 4.69) is 31.2 Å². The molecule has 1 aromatic rings. The number of hydrogen-bond acceptors (Lipinski definition) is 1. The number of aliphatic hydroxyl groups excluding tert-OH is 1. The summed E-state index contributed by atoms with van der Waals surface area (Å²) in [6.45, 7) is 2.34. The molecule has 104 valence electrons. The number of benzene rings is 1. The zero-order valence-electron chi connectivity index (χ0n) is 12.0. The largest absolute Gasteiger partial charge is 0.393 e. The maximum atomic E-state index is 10.7. The van der Waals surface area contributed by atoms with E-state index in [1.54, 1.807) is 0 Å². The zero-order valence-corrected chi connectivity index (χ0v) is 12.0. The van der Waals surface area contributed by atoms with Crippen LogP contribution in [-0.4, -0.2) is 11.2 Å². The summed E-state index contributed by atoms with van der Waals surface area (Å²) in [5, 5.41) is 10.7. The summed E-state index contributed by atoms with van der Waals surface area (Å²) in [5.74, 6) is 1.86. The first-order valence-corrected chi connectivity index (χ1v) is 7.99. The van der Waals surface area contributed by atoms with Crippen molar-refractivity contribution in [2.75, 3.05) is 0 Å². The first kappa shape index (κ1) is 13.2. The molecule has 0 aromatic heterocycles. The zero-order chi connectivity index (χ0) is 13.2. The SMILES string of the molecule is CC1CCCC(C(O)C2CCc3ccccc3C2)C1. The molecular weight excluding hydrogens is 232 g/mol. The Balaban J connectivity index is 1.67. The molecule has 1 aromatic carbocycles.